The van der Waals surface area contributed by atoms with Crippen LogP contribution in [0, 0.1) is 5.92 Å². The first-order valence-corrected chi connectivity index (χ1v) is 10.5. The van der Waals surface area contributed by atoms with Crippen LogP contribution in [0.5, 0.6) is 0 Å². The summed E-state index contributed by atoms with van der Waals surface area (Å²) in [6, 6.07) is -0.466. The molecule has 3 heterocycles. The van der Waals surface area contributed by atoms with Crippen LogP contribution in [0.1, 0.15) is 59.3 Å². The summed E-state index contributed by atoms with van der Waals surface area (Å²) in [5, 5.41) is 3.02. The Balaban J connectivity index is 1.65. The summed E-state index contributed by atoms with van der Waals surface area (Å²) in [6.07, 6.45) is 4.32. The molecule has 1 atom stereocenters. The van der Waals surface area contributed by atoms with Gasteiger partial charge in [-0.2, -0.15) is 0 Å². The standard InChI is InChI=1S/C20H34N4O3/c1-4-6-17(25)23-10-5-7-16(14-23)24-18(26)20(21-19(24)27)8-11-22(12-9-20)13-15(2)3/h15-16H,4-14H2,1-3H3,(H,21,27). The van der Waals surface area contributed by atoms with Crippen LogP contribution in [0.4, 0.5) is 4.79 Å². The molecule has 0 bridgehead atoms. The number of carbonyl (C=O) groups excluding carboxylic acids is 3. The number of rotatable bonds is 5. The molecule has 0 aromatic carbocycles. The monoisotopic (exact) mass is 378 g/mol. The lowest BCUT2D eigenvalue weighted by Gasteiger charge is -2.39. The van der Waals surface area contributed by atoms with Gasteiger partial charge in [0.05, 0.1) is 6.04 Å². The first-order valence-electron chi connectivity index (χ1n) is 10.5. The number of hydrogen-bond donors (Lipinski definition) is 1. The minimum atomic E-state index is -0.736. The fourth-order valence-corrected chi connectivity index (χ4v) is 4.71. The van der Waals surface area contributed by atoms with Crippen LogP contribution < -0.4 is 5.32 Å². The van der Waals surface area contributed by atoms with Crippen molar-refractivity contribution in [1.29, 1.82) is 0 Å². The van der Waals surface area contributed by atoms with Gasteiger partial charge in [-0.05, 0) is 38.0 Å². The number of nitrogens with one attached hydrogen (secondary N) is 1. The molecule has 0 saturated carbocycles. The molecule has 0 aromatic heterocycles. The predicted octanol–water partition coefficient (Wildman–Crippen LogP) is 1.82. The van der Waals surface area contributed by atoms with E-state index >= 15 is 0 Å². The fourth-order valence-electron chi connectivity index (χ4n) is 4.71. The molecule has 0 aromatic rings. The van der Waals surface area contributed by atoms with E-state index in [1.54, 1.807) is 0 Å². The SMILES string of the molecule is CCCC(=O)N1CCCC(N2C(=O)NC3(CCN(CC(C)C)CC3)C2=O)C1. The van der Waals surface area contributed by atoms with E-state index in [1.807, 2.05) is 11.8 Å². The van der Waals surface area contributed by atoms with E-state index in [4.69, 9.17) is 0 Å². The van der Waals surface area contributed by atoms with Crippen molar-refractivity contribution in [2.45, 2.75) is 70.9 Å². The highest BCUT2D eigenvalue weighted by atomic mass is 16.2. The van der Waals surface area contributed by atoms with Gasteiger partial charge < -0.3 is 15.1 Å². The van der Waals surface area contributed by atoms with Crippen molar-refractivity contribution < 1.29 is 14.4 Å². The van der Waals surface area contributed by atoms with Crippen LogP contribution in [0.2, 0.25) is 0 Å². The van der Waals surface area contributed by atoms with E-state index in [1.165, 1.54) is 4.90 Å². The third-order valence-electron chi connectivity index (χ3n) is 6.10. The van der Waals surface area contributed by atoms with Crippen molar-refractivity contribution in [3.63, 3.8) is 0 Å². The van der Waals surface area contributed by atoms with Crippen LogP contribution in [0.25, 0.3) is 0 Å². The first-order chi connectivity index (χ1) is 12.9. The summed E-state index contributed by atoms with van der Waals surface area (Å²) in [5.41, 5.74) is -0.736. The number of piperidine rings is 2. The molecule has 7 heteroatoms. The summed E-state index contributed by atoms with van der Waals surface area (Å²) in [7, 11) is 0. The van der Waals surface area contributed by atoms with Gasteiger partial charge in [-0.25, -0.2) is 4.79 Å². The quantitative estimate of drug-likeness (QED) is 0.741. The Hall–Kier alpha value is -1.63. The third kappa shape index (κ3) is 4.13. The van der Waals surface area contributed by atoms with Crippen molar-refractivity contribution in [2.24, 2.45) is 5.92 Å². The molecule has 0 radical (unpaired) electrons. The molecule has 1 spiro atoms. The van der Waals surface area contributed by atoms with Crippen LogP contribution in [-0.2, 0) is 9.59 Å². The molecule has 27 heavy (non-hydrogen) atoms. The Morgan fingerprint density at radius 2 is 1.93 bits per heavy atom. The van der Waals surface area contributed by atoms with E-state index < -0.39 is 5.54 Å². The van der Waals surface area contributed by atoms with Gasteiger partial charge in [-0.1, -0.05) is 20.8 Å². The Kier molecular flexibility index (Phi) is 6.08. The molecule has 0 aliphatic carbocycles. The molecular formula is C20H34N4O3. The molecule has 3 rings (SSSR count). The van der Waals surface area contributed by atoms with Gasteiger partial charge in [0.1, 0.15) is 5.54 Å². The number of likely N-dealkylation sites (tertiary alicyclic amines) is 2. The highest BCUT2D eigenvalue weighted by Crippen LogP contribution is 2.32. The average Bonchev–Trinajstić information content (AvgIpc) is 2.87. The Morgan fingerprint density at radius 3 is 2.56 bits per heavy atom. The lowest BCUT2D eigenvalue weighted by molar-refractivity contribution is -0.139. The molecule has 4 amide bonds. The molecule has 7 nitrogen and oxygen atoms in total. The molecule has 3 fully saturated rings. The van der Waals surface area contributed by atoms with Gasteiger partial charge in [-0.15, -0.1) is 0 Å². The summed E-state index contributed by atoms with van der Waals surface area (Å²) in [6.45, 7) is 10.3. The number of nitrogens with zero attached hydrogens (tertiary/aromatic N) is 3. The number of hydrogen-bond acceptors (Lipinski definition) is 4. The van der Waals surface area contributed by atoms with E-state index in [9.17, 15) is 14.4 Å². The molecule has 3 saturated heterocycles. The number of urea groups is 1. The van der Waals surface area contributed by atoms with Gasteiger partial charge in [0.25, 0.3) is 5.91 Å². The zero-order chi connectivity index (χ0) is 19.6. The minimum absolute atomic E-state index is 0.0773. The van der Waals surface area contributed by atoms with Crippen LogP contribution >= 0.6 is 0 Å². The van der Waals surface area contributed by atoms with Crippen LogP contribution in [0.15, 0.2) is 0 Å². The number of imide groups is 1. The van der Waals surface area contributed by atoms with E-state index in [0.717, 1.165) is 45.4 Å². The highest BCUT2D eigenvalue weighted by molar-refractivity contribution is 6.07. The average molecular weight is 379 g/mol. The zero-order valence-corrected chi connectivity index (χ0v) is 17.0. The second kappa shape index (κ2) is 8.17. The van der Waals surface area contributed by atoms with Crippen molar-refractivity contribution in [1.82, 2.24) is 20.0 Å². The third-order valence-corrected chi connectivity index (χ3v) is 6.10. The molecule has 1 N–H and O–H groups in total. The summed E-state index contributed by atoms with van der Waals surface area (Å²) in [4.78, 5) is 43.8. The predicted molar refractivity (Wildman–Crippen MR) is 103 cm³/mol. The molecule has 3 aliphatic rings. The molecule has 152 valence electrons. The van der Waals surface area contributed by atoms with Gasteiger partial charge >= 0.3 is 6.03 Å². The van der Waals surface area contributed by atoms with Crippen molar-refractivity contribution in [2.75, 3.05) is 32.7 Å². The van der Waals surface area contributed by atoms with E-state index in [2.05, 4.69) is 24.1 Å². The largest absolute Gasteiger partial charge is 0.341 e. The van der Waals surface area contributed by atoms with Crippen molar-refractivity contribution in [3.8, 4) is 0 Å². The second-order valence-electron chi connectivity index (χ2n) is 8.77. The van der Waals surface area contributed by atoms with Crippen LogP contribution in [0.3, 0.4) is 0 Å². The van der Waals surface area contributed by atoms with Gasteiger partial charge in [0.15, 0.2) is 0 Å². The van der Waals surface area contributed by atoms with Gasteiger partial charge in [0.2, 0.25) is 5.91 Å². The smallest absolute Gasteiger partial charge is 0.325 e. The second-order valence-corrected chi connectivity index (χ2v) is 8.77. The Labute approximate surface area is 162 Å². The maximum atomic E-state index is 13.2. The number of amides is 4. The van der Waals surface area contributed by atoms with Crippen molar-refractivity contribution >= 4 is 17.8 Å². The maximum absolute atomic E-state index is 13.2. The molecule has 1 unspecified atom stereocenters. The zero-order valence-electron chi connectivity index (χ0n) is 17.0. The van der Waals surface area contributed by atoms with E-state index in [-0.39, 0.29) is 23.9 Å². The minimum Gasteiger partial charge on any atom is -0.341 e. The maximum Gasteiger partial charge on any atom is 0.325 e. The van der Waals surface area contributed by atoms with E-state index in [0.29, 0.717) is 31.7 Å². The van der Waals surface area contributed by atoms with Crippen molar-refractivity contribution in [3.05, 3.63) is 0 Å². The lowest BCUT2D eigenvalue weighted by Crippen LogP contribution is -2.56. The van der Waals surface area contributed by atoms with Crippen LogP contribution in [-0.4, -0.2) is 76.8 Å². The normalized spacial score (nSPS) is 26.1. The highest BCUT2D eigenvalue weighted by Gasteiger charge is 2.54. The fraction of sp³-hybridized carbons (Fsp3) is 0.850. The number of carbonyl (C=O) groups is 3. The Bertz CT molecular complexity index is 584. The van der Waals surface area contributed by atoms with Gasteiger partial charge in [-0.3, -0.25) is 14.5 Å². The van der Waals surface area contributed by atoms with Gasteiger partial charge in [0, 0.05) is 39.1 Å². The first kappa shape index (κ1) is 20.1. The Morgan fingerprint density at radius 1 is 1.22 bits per heavy atom. The lowest BCUT2D eigenvalue weighted by atomic mass is 9.86. The topological polar surface area (TPSA) is 73.0 Å². The molecular weight excluding hydrogens is 344 g/mol. The summed E-state index contributed by atoms with van der Waals surface area (Å²) >= 11 is 0. The molecule has 3 aliphatic heterocycles. The summed E-state index contributed by atoms with van der Waals surface area (Å²) in [5.74, 6) is 0.649. The summed E-state index contributed by atoms with van der Waals surface area (Å²) < 4.78 is 0.